The number of fused-ring (bicyclic) bond motifs is 1. The summed E-state index contributed by atoms with van der Waals surface area (Å²) in [5.74, 6) is 1.40. The summed E-state index contributed by atoms with van der Waals surface area (Å²) >= 11 is 0. The minimum Gasteiger partial charge on any atom is -0.382 e. The molecule has 1 aromatic carbocycles. The van der Waals surface area contributed by atoms with Crippen molar-refractivity contribution >= 4 is 15.7 Å². The van der Waals surface area contributed by atoms with Crippen LogP contribution in [0.25, 0.3) is 0 Å². The van der Waals surface area contributed by atoms with Crippen LogP contribution in [-0.2, 0) is 10.0 Å². The molecule has 2 aliphatic rings. The lowest BCUT2D eigenvalue weighted by atomic mass is 9.71. The van der Waals surface area contributed by atoms with Gasteiger partial charge in [-0.1, -0.05) is 18.2 Å². The Labute approximate surface area is 120 Å². The minimum absolute atomic E-state index is 0.350. The maximum atomic E-state index is 12.0. The highest BCUT2D eigenvalue weighted by Crippen LogP contribution is 2.44. The van der Waals surface area contributed by atoms with Crippen LogP contribution in [0.2, 0.25) is 0 Å². The Balaban J connectivity index is 1.81. The molecule has 0 amide bonds. The van der Waals surface area contributed by atoms with Crippen LogP contribution in [0.3, 0.4) is 0 Å². The van der Waals surface area contributed by atoms with Gasteiger partial charge >= 0.3 is 0 Å². The largest absolute Gasteiger partial charge is 0.382 e. The minimum atomic E-state index is -3.40. The van der Waals surface area contributed by atoms with Crippen molar-refractivity contribution in [3.05, 3.63) is 35.9 Å². The van der Waals surface area contributed by atoms with Crippen LogP contribution >= 0.6 is 0 Å². The van der Waals surface area contributed by atoms with E-state index < -0.39 is 10.0 Å². The van der Waals surface area contributed by atoms with Crippen LogP contribution in [0.1, 0.15) is 18.4 Å². The predicted molar refractivity (Wildman–Crippen MR) is 80.2 cm³/mol. The molecule has 0 heterocycles. The van der Waals surface area contributed by atoms with E-state index in [1.165, 1.54) is 19.9 Å². The van der Waals surface area contributed by atoms with Crippen molar-refractivity contribution in [3.8, 4) is 0 Å². The summed E-state index contributed by atoms with van der Waals surface area (Å²) in [4.78, 5) is 0.350. The molecule has 20 heavy (non-hydrogen) atoms. The van der Waals surface area contributed by atoms with Crippen LogP contribution in [0.15, 0.2) is 35.2 Å². The first kappa shape index (κ1) is 13.6. The quantitative estimate of drug-likeness (QED) is 0.837. The zero-order chi connectivity index (χ0) is 14.3. The first-order valence-electron chi connectivity index (χ1n) is 6.98. The van der Waals surface area contributed by atoms with Gasteiger partial charge in [0.05, 0.1) is 4.90 Å². The van der Waals surface area contributed by atoms with Gasteiger partial charge in [0, 0.05) is 17.6 Å². The maximum Gasteiger partial charge on any atom is 0.240 e. The van der Waals surface area contributed by atoms with E-state index in [9.17, 15) is 8.42 Å². The van der Waals surface area contributed by atoms with E-state index in [1.54, 1.807) is 6.07 Å². The zero-order valence-corrected chi connectivity index (χ0v) is 12.6. The fourth-order valence-corrected chi connectivity index (χ4v) is 4.18. The lowest BCUT2D eigenvalue weighted by Gasteiger charge is -2.41. The fraction of sp³-hybridized carbons (Fsp3) is 0.467. The summed E-state index contributed by atoms with van der Waals surface area (Å²) in [6.07, 6.45) is 6.89. The third-order valence-corrected chi connectivity index (χ3v) is 6.02. The van der Waals surface area contributed by atoms with Gasteiger partial charge in [0.1, 0.15) is 0 Å². The van der Waals surface area contributed by atoms with E-state index >= 15 is 0 Å². The summed E-state index contributed by atoms with van der Waals surface area (Å²) in [7, 11) is -1.96. The SMILES string of the molecule is CNS(=O)(=O)c1cc(NC2CC3CC=CC32)ccc1C. The van der Waals surface area contributed by atoms with Gasteiger partial charge < -0.3 is 5.32 Å². The number of rotatable bonds is 4. The van der Waals surface area contributed by atoms with Gasteiger partial charge in [0.25, 0.3) is 0 Å². The highest BCUT2D eigenvalue weighted by molar-refractivity contribution is 7.89. The van der Waals surface area contributed by atoms with E-state index in [0.717, 1.165) is 17.2 Å². The molecule has 4 nitrogen and oxygen atoms in total. The molecular formula is C15H20N2O2S. The van der Waals surface area contributed by atoms with Crippen molar-refractivity contribution in [1.82, 2.24) is 4.72 Å². The van der Waals surface area contributed by atoms with Crippen molar-refractivity contribution in [3.63, 3.8) is 0 Å². The van der Waals surface area contributed by atoms with Gasteiger partial charge in [-0.25, -0.2) is 13.1 Å². The van der Waals surface area contributed by atoms with Crippen LogP contribution in [-0.4, -0.2) is 21.5 Å². The standard InChI is InChI=1S/C15H20N2O2S/c1-10-6-7-12(9-15(10)20(18,19)16-2)17-14-8-11-4-3-5-13(11)14/h3,5-7,9,11,13-14,16-17H,4,8H2,1-2H3. The summed E-state index contributed by atoms with van der Waals surface area (Å²) in [5.41, 5.74) is 1.64. The smallest absolute Gasteiger partial charge is 0.240 e. The summed E-state index contributed by atoms with van der Waals surface area (Å²) in [6.45, 7) is 1.81. The number of benzene rings is 1. The van der Waals surface area contributed by atoms with Crippen molar-refractivity contribution in [2.45, 2.75) is 30.7 Å². The first-order chi connectivity index (χ1) is 9.51. The summed E-state index contributed by atoms with van der Waals surface area (Å²) in [5, 5.41) is 3.47. The molecule has 5 heteroatoms. The number of nitrogens with one attached hydrogen (secondary N) is 2. The second-order valence-electron chi connectivity index (χ2n) is 5.68. The molecule has 0 spiro atoms. The maximum absolute atomic E-state index is 12.0. The van der Waals surface area contributed by atoms with Crippen molar-refractivity contribution in [1.29, 1.82) is 0 Å². The average Bonchev–Trinajstić information content (AvgIpc) is 2.79. The zero-order valence-electron chi connectivity index (χ0n) is 11.8. The molecule has 2 aliphatic carbocycles. The molecule has 0 aromatic heterocycles. The molecule has 0 bridgehead atoms. The van der Waals surface area contributed by atoms with E-state index in [1.807, 2.05) is 19.1 Å². The Morgan fingerprint density at radius 1 is 1.30 bits per heavy atom. The molecule has 0 aliphatic heterocycles. The van der Waals surface area contributed by atoms with Crippen LogP contribution in [0.4, 0.5) is 5.69 Å². The second-order valence-corrected chi connectivity index (χ2v) is 7.53. The first-order valence-corrected chi connectivity index (χ1v) is 8.47. The van der Waals surface area contributed by atoms with Crippen LogP contribution < -0.4 is 10.0 Å². The van der Waals surface area contributed by atoms with Gasteiger partial charge in [-0.05, 0) is 50.4 Å². The topological polar surface area (TPSA) is 58.2 Å². The normalized spacial score (nSPS) is 28.0. The molecule has 1 aromatic rings. The number of hydrogen-bond donors (Lipinski definition) is 2. The molecule has 3 rings (SSSR count). The van der Waals surface area contributed by atoms with E-state index in [4.69, 9.17) is 0 Å². The monoisotopic (exact) mass is 292 g/mol. The van der Waals surface area contributed by atoms with Crippen molar-refractivity contribution in [2.75, 3.05) is 12.4 Å². The Hall–Kier alpha value is -1.33. The molecule has 0 radical (unpaired) electrons. The highest BCUT2D eigenvalue weighted by atomic mass is 32.2. The molecule has 0 saturated heterocycles. The lowest BCUT2D eigenvalue weighted by Crippen LogP contribution is -2.43. The Morgan fingerprint density at radius 3 is 2.80 bits per heavy atom. The van der Waals surface area contributed by atoms with E-state index in [-0.39, 0.29) is 0 Å². The van der Waals surface area contributed by atoms with Crippen LogP contribution in [0.5, 0.6) is 0 Å². The number of sulfonamides is 1. The van der Waals surface area contributed by atoms with Crippen LogP contribution in [0, 0.1) is 18.8 Å². The number of anilines is 1. The van der Waals surface area contributed by atoms with Gasteiger partial charge in [0.15, 0.2) is 0 Å². The fourth-order valence-electron chi connectivity index (χ4n) is 3.19. The van der Waals surface area contributed by atoms with Crippen molar-refractivity contribution in [2.24, 2.45) is 11.8 Å². The van der Waals surface area contributed by atoms with Gasteiger partial charge in [-0.2, -0.15) is 0 Å². The molecule has 1 fully saturated rings. The van der Waals surface area contributed by atoms with E-state index in [2.05, 4.69) is 22.2 Å². The Bertz CT molecular complexity index is 652. The third kappa shape index (κ3) is 2.25. The average molecular weight is 292 g/mol. The number of hydrogen-bond acceptors (Lipinski definition) is 3. The Morgan fingerprint density at radius 2 is 2.10 bits per heavy atom. The molecular weight excluding hydrogens is 272 g/mol. The van der Waals surface area contributed by atoms with E-state index in [0.29, 0.717) is 16.9 Å². The second kappa shape index (κ2) is 4.90. The predicted octanol–water partition coefficient (Wildman–Crippen LogP) is 2.28. The van der Waals surface area contributed by atoms with Crippen molar-refractivity contribution < 1.29 is 8.42 Å². The summed E-state index contributed by atoms with van der Waals surface area (Å²) in [6, 6.07) is 5.97. The third-order valence-electron chi connectivity index (χ3n) is 4.46. The lowest BCUT2D eigenvalue weighted by molar-refractivity contribution is 0.218. The molecule has 3 atom stereocenters. The molecule has 2 N–H and O–H groups in total. The van der Waals surface area contributed by atoms with Gasteiger partial charge in [-0.15, -0.1) is 0 Å². The molecule has 3 unspecified atom stereocenters. The summed E-state index contributed by atoms with van der Waals surface area (Å²) < 4.78 is 26.3. The number of allylic oxidation sites excluding steroid dienone is 1. The molecule has 1 saturated carbocycles. The van der Waals surface area contributed by atoms with Gasteiger partial charge in [0.2, 0.25) is 10.0 Å². The van der Waals surface area contributed by atoms with Gasteiger partial charge in [-0.3, -0.25) is 0 Å². The highest BCUT2D eigenvalue weighted by Gasteiger charge is 2.40. The Kier molecular flexibility index (Phi) is 3.34. The number of aryl methyl sites for hydroxylation is 1. The molecule has 108 valence electrons.